The topological polar surface area (TPSA) is 57.7 Å². The minimum Gasteiger partial charge on any atom is -0.356 e. The lowest BCUT2D eigenvalue weighted by molar-refractivity contribution is -0.145. The van der Waals surface area contributed by atoms with Gasteiger partial charge in [-0.05, 0) is 33.6 Å². The van der Waals surface area contributed by atoms with Gasteiger partial charge in [0.05, 0.1) is 12.0 Å². The van der Waals surface area contributed by atoms with Crippen LogP contribution in [0.15, 0.2) is 6.33 Å². The van der Waals surface area contributed by atoms with E-state index in [-0.39, 0.29) is 0 Å². The Bertz CT molecular complexity index is 730. The van der Waals surface area contributed by atoms with Crippen LogP contribution in [0.4, 0.5) is 19.0 Å². The summed E-state index contributed by atoms with van der Waals surface area (Å²) in [5.74, 6) is -0.337. The summed E-state index contributed by atoms with van der Waals surface area (Å²) in [5, 5.41) is 0. The number of hydrogen-bond acceptors (Lipinski definition) is 4. The number of rotatable bonds is 2. The van der Waals surface area contributed by atoms with Gasteiger partial charge in [0.2, 0.25) is 5.82 Å². The summed E-state index contributed by atoms with van der Waals surface area (Å²) in [4.78, 5) is 16.8. The Morgan fingerprint density at radius 3 is 2.33 bits per heavy atom. The third kappa shape index (κ3) is 3.09. The van der Waals surface area contributed by atoms with E-state index in [1.54, 1.807) is 20.2 Å². The molecule has 3 rings (SSSR count). The number of imidazole rings is 1. The molecule has 5 nitrogen and oxygen atoms in total. The summed E-state index contributed by atoms with van der Waals surface area (Å²) in [6.07, 6.45) is -1.16. The van der Waals surface area contributed by atoms with E-state index in [2.05, 4.69) is 19.9 Å². The van der Waals surface area contributed by atoms with Crippen molar-refractivity contribution in [2.45, 2.75) is 45.7 Å². The molecule has 1 fully saturated rings. The Hall–Kier alpha value is -2.12. The minimum atomic E-state index is -4.53. The molecule has 1 aliphatic heterocycles. The molecule has 0 aromatic carbocycles. The number of aromatic nitrogens is 4. The first kappa shape index (κ1) is 16.7. The summed E-state index contributed by atoms with van der Waals surface area (Å²) in [5.41, 5.74) is 3.19. The Balaban J connectivity index is 1.81. The van der Waals surface area contributed by atoms with Crippen LogP contribution in [0.25, 0.3) is 0 Å². The largest absolute Gasteiger partial charge is 0.451 e. The van der Waals surface area contributed by atoms with Crippen molar-refractivity contribution in [3.63, 3.8) is 0 Å². The maximum atomic E-state index is 13.0. The van der Waals surface area contributed by atoms with E-state index < -0.39 is 12.0 Å². The van der Waals surface area contributed by atoms with Gasteiger partial charge in [0.25, 0.3) is 0 Å². The van der Waals surface area contributed by atoms with Crippen LogP contribution in [0.1, 0.15) is 47.2 Å². The van der Waals surface area contributed by atoms with Crippen molar-refractivity contribution < 1.29 is 13.2 Å². The summed E-state index contributed by atoms with van der Waals surface area (Å²) < 4.78 is 39.0. The summed E-state index contributed by atoms with van der Waals surface area (Å²) in [6.45, 7) is 6.67. The normalized spacial score (nSPS) is 16.7. The molecule has 0 saturated carbocycles. The molecular weight excluding hydrogens is 319 g/mol. The second kappa shape index (κ2) is 6.07. The monoisotopic (exact) mass is 339 g/mol. The van der Waals surface area contributed by atoms with Gasteiger partial charge in [0, 0.05) is 36.0 Å². The zero-order valence-electron chi connectivity index (χ0n) is 13.9. The van der Waals surface area contributed by atoms with Crippen LogP contribution >= 0.6 is 0 Å². The highest BCUT2D eigenvalue weighted by Gasteiger charge is 2.36. The van der Waals surface area contributed by atoms with Crippen LogP contribution in [0.3, 0.4) is 0 Å². The molecule has 130 valence electrons. The van der Waals surface area contributed by atoms with Crippen LogP contribution in [0.2, 0.25) is 0 Å². The lowest BCUT2D eigenvalue weighted by Crippen LogP contribution is -2.35. The maximum absolute atomic E-state index is 13.0. The second-order valence-corrected chi connectivity index (χ2v) is 6.25. The van der Waals surface area contributed by atoms with Crippen LogP contribution < -0.4 is 4.90 Å². The molecule has 0 bridgehead atoms. The SMILES string of the molecule is Cc1nc(C(F)(F)F)nc(N2CCC(c3nc[nH]c3C)CC2)c1C. The molecule has 2 aromatic rings. The van der Waals surface area contributed by atoms with Crippen molar-refractivity contribution in [2.24, 2.45) is 0 Å². The maximum Gasteiger partial charge on any atom is 0.451 e. The molecule has 8 heteroatoms. The van der Waals surface area contributed by atoms with E-state index in [0.29, 0.717) is 36.1 Å². The number of nitrogens with zero attached hydrogens (tertiary/aromatic N) is 4. The number of aromatic amines is 1. The van der Waals surface area contributed by atoms with Gasteiger partial charge in [0.15, 0.2) is 0 Å². The molecule has 0 aliphatic carbocycles. The Morgan fingerprint density at radius 2 is 1.79 bits per heavy atom. The third-order valence-electron chi connectivity index (χ3n) is 4.67. The summed E-state index contributed by atoms with van der Waals surface area (Å²) in [6, 6.07) is 0. The highest BCUT2D eigenvalue weighted by molar-refractivity contribution is 5.49. The van der Waals surface area contributed by atoms with Gasteiger partial charge in [0.1, 0.15) is 5.82 Å². The number of alkyl halides is 3. The predicted molar refractivity (Wildman–Crippen MR) is 84.0 cm³/mol. The molecule has 0 radical (unpaired) electrons. The highest BCUT2D eigenvalue weighted by Crippen LogP contribution is 2.34. The van der Waals surface area contributed by atoms with E-state index in [0.717, 1.165) is 24.2 Å². The van der Waals surface area contributed by atoms with Gasteiger partial charge >= 0.3 is 6.18 Å². The van der Waals surface area contributed by atoms with Crippen LogP contribution in [-0.4, -0.2) is 33.0 Å². The predicted octanol–water partition coefficient (Wildman–Crippen LogP) is 3.53. The van der Waals surface area contributed by atoms with Crippen molar-refractivity contribution >= 4 is 5.82 Å². The first-order chi connectivity index (χ1) is 11.3. The summed E-state index contributed by atoms with van der Waals surface area (Å²) >= 11 is 0. The first-order valence-electron chi connectivity index (χ1n) is 7.94. The van der Waals surface area contributed by atoms with Crippen molar-refractivity contribution in [1.82, 2.24) is 19.9 Å². The van der Waals surface area contributed by atoms with Gasteiger partial charge in [-0.15, -0.1) is 0 Å². The van der Waals surface area contributed by atoms with Crippen molar-refractivity contribution in [2.75, 3.05) is 18.0 Å². The fourth-order valence-corrected chi connectivity index (χ4v) is 3.19. The third-order valence-corrected chi connectivity index (χ3v) is 4.67. The number of anilines is 1. The molecule has 0 amide bonds. The smallest absolute Gasteiger partial charge is 0.356 e. The van der Waals surface area contributed by atoms with Crippen LogP contribution in [-0.2, 0) is 6.18 Å². The second-order valence-electron chi connectivity index (χ2n) is 6.25. The Kier molecular flexibility index (Phi) is 4.23. The zero-order valence-corrected chi connectivity index (χ0v) is 13.9. The number of piperidine rings is 1. The molecule has 1 aliphatic rings. The van der Waals surface area contributed by atoms with Crippen molar-refractivity contribution in [3.05, 3.63) is 34.8 Å². The summed E-state index contributed by atoms with van der Waals surface area (Å²) in [7, 11) is 0. The average Bonchev–Trinajstić information content (AvgIpc) is 2.95. The fourth-order valence-electron chi connectivity index (χ4n) is 3.19. The first-order valence-corrected chi connectivity index (χ1v) is 7.94. The zero-order chi connectivity index (χ0) is 17.5. The lowest BCUT2D eigenvalue weighted by Gasteiger charge is -2.33. The quantitative estimate of drug-likeness (QED) is 0.909. The van der Waals surface area contributed by atoms with E-state index in [4.69, 9.17) is 0 Å². The molecule has 2 aromatic heterocycles. The molecule has 1 saturated heterocycles. The molecule has 0 unspecified atom stereocenters. The lowest BCUT2D eigenvalue weighted by atomic mass is 9.92. The molecule has 0 atom stereocenters. The van der Waals surface area contributed by atoms with E-state index >= 15 is 0 Å². The van der Waals surface area contributed by atoms with Gasteiger partial charge in [-0.25, -0.2) is 15.0 Å². The van der Waals surface area contributed by atoms with E-state index in [1.165, 1.54) is 0 Å². The number of halogens is 3. The number of nitrogens with one attached hydrogen (secondary N) is 1. The van der Waals surface area contributed by atoms with Gasteiger partial charge in [-0.3, -0.25) is 0 Å². The Labute approximate surface area is 138 Å². The van der Waals surface area contributed by atoms with Gasteiger partial charge in [-0.1, -0.05) is 0 Å². The molecular formula is C16H20F3N5. The molecule has 1 N–H and O–H groups in total. The van der Waals surface area contributed by atoms with Crippen LogP contribution in [0.5, 0.6) is 0 Å². The number of H-pyrrole nitrogens is 1. The highest BCUT2D eigenvalue weighted by atomic mass is 19.4. The molecule has 3 heterocycles. The van der Waals surface area contributed by atoms with Crippen LogP contribution in [0, 0.1) is 20.8 Å². The molecule has 24 heavy (non-hydrogen) atoms. The van der Waals surface area contributed by atoms with Gasteiger partial charge < -0.3 is 9.88 Å². The standard InChI is InChI=1S/C16H20F3N5/c1-9-10(2)22-15(16(17,18)19)23-14(9)24-6-4-12(5-7-24)13-11(3)20-8-21-13/h8,12H,4-7H2,1-3H3,(H,20,21). The van der Waals surface area contributed by atoms with E-state index in [1.807, 2.05) is 11.8 Å². The average molecular weight is 339 g/mol. The van der Waals surface area contributed by atoms with Crippen molar-refractivity contribution in [3.8, 4) is 0 Å². The number of aryl methyl sites for hydroxylation is 2. The molecule has 0 spiro atoms. The number of hydrogen-bond donors (Lipinski definition) is 1. The Morgan fingerprint density at radius 1 is 1.12 bits per heavy atom. The minimum absolute atomic E-state index is 0.331. The van der Waals surface area contributed by atoms with Crippen molar-refractivity contribution in [1.29, 1.82) is 0 Å². The van der Waals surface area contributed by atoms with Gasteiger partial charge in [-0.2, -0.15) is 13.2 Å². The fraction of sp³-hybridized carbons (Fsp3) is 0.562. The van der Waals surface area contributed by atoms with E-state index in [9.17, 15) is 13.2 Å².